The molecule has 0 unspecified atom stereocenters. The molecular weight excluding hydrogens is 134 g/mol. The van der Waals surface area contributed by atoms with Crippen LogP contribution in [0.5, 0.6) is 0 Å². The summed E-state index contributed by atoms with van der Waals surface area (Å²) in [5, 5.41) is 19.5. The van der Waals surface area contributed by atoms with Crippen LogP contribution in [0.25, 0.3) is 0 Å². The maximum atomic E-state index is 10.6. The van der Waals surface area contributed by atoms with Crippen LogP contribution in [0.15, 0.2) is 0 Å². The molecule has 0 aromatic rings. The minimum absolute atomic E-state index is 0.113. The molecule has 1 amide bonds. The van der Waals surface area contributed by atoms with Gasteiger partial charge in [0.2, 0.25) is 5.91 Å². The molecule has 4 nitrogen and oxygen atoms in total. The molecule has 0 aromatic heterocycles. The number of aliphatic hydroxyl groups is 2. The van der Waals surface area contributed by atoms with Crippen LogP contribution in [0.4, 0.5) is 0 Å². The Morgan fingerprint density at radius 1 is 1.60 bits per heavy atom. The average Bonchev–Trinajstić information content (AvgIpc) is 1.87. The summed E-state index contributed by atoms with van der Waals surface area (Å²) in [5.41, 5.74) is 0. The van der Waals surface area contributed by atoms with E-state index in [4.69, 9.17) is 10.2 Å². The molecule has 60 valence electrons. The topological polar surface area (TPSA) is 69.6 Å². The smallest absolute Gasteiger partial charge is 0.248 e. The lowest BCUT2D eigenvalue weighted by Crippen LogP contribution is -2.40. The zero-order valence-electron chi connectivity index (χ0n) is 6.16. The Balaban J connectivity index is 3.57. The van der Waals surface area contributed by atoms with Crippen molar-refractivity contribution in [3.8, 4) is 0 Å². The first-order valence-electron chi connectivity index (χ1n) is 3.17. The zero-order chi connectivity index (χ0) is 8.15. The van der Waals surface area contributed by atoms with Crippen LogP contribution in [0.1, 0.15) is 13.8 Å². The first-order chi connectivity index (χ1) is 4.57. The highest BCUT2D eigenvalue weighted by molar-refractivity contribution is 5.80. The lowest BCUT2D eigenvalue weighted by Gasteiger charge is -2.11. The Kier molecular flexibility index (Phi) is 3.99. The summed E-state index contributed by atoms with van der Waals surface area (Å²) >= 11 is 0. The van der Waals surface area contributed by atoms with Crippen LogP contribution in [-0.4, -0.2) is 34.9 Å². The number of carbonyl (C=O) groups is 1. The standard InChI is InChI=1S/C6H13NO3/c1-4(3-8)7-6(10)5(2)9/h4-5,8-9H,3H2,1-2H3,(H,7,10)/t4-,5-/m0/s1. The van der Waals surface area contributed by atoms with Gasteiger partial charge in [0.25, 0.3) is 0 Å². The number of nitrogens with one attached hydrogen (secondary N) is 1. The van der Waals surface area contributed by atoms with Crippen LogP contribution in [-0.2, 0) is 4.79 Å². The van der Waals surface area contributed by atoms with E-state index in [-0.39, 0.29) is 12.6 Å². The Bertz CT molecular complexity index is 114. The highest BCUT2D eigenvalue weighted by Crippen LogP contribution is 1.83. The maximum Gasteiger partial charge on any atom is 0.248 e. The van der Waals surface area contributed by atoms with E-state index >= 15 is 0 Å². The van der Waals surface area contributed by atoms with Crippen molar-refractivity contribution in [1.29, 1.82) is 0 Å². The molecule has 3 N–H and O–H groups in total. The summed E-state index contributed by atoms with van der Waals surface area (Å²) in [7, 11) is 0. The van der Waals surface area contributed by atoms with E-state index < -0.39 is 12.0 Å². The monoisotopic (exact) mass is 147 g/mol. The van der Waals surface area contributed by atoms with Crippen molar-refractivity contribution in [3.63, 3.8) is 0 Å². The molecule has 4 heteroatoms. The number of aliphatic hydroxyl groups excluding tert-OH is 2. The molecule has 0 radical (unpaired) electrons. The largest absolute Gasteiger partial charge is 0.394 e. The number of hydrogen-bond donors (Lipinski definition) is 3. The number of carbonyl (C=O) groups excluding carboxylic acids is 1. The van der Waals surface area contributed by atoms with Crippen LogP contribution in [0.3, 0.4) is 0 Å². The molecule has 0 saturated carbocycles. The summed E-state index contributed by atoms with van der Waals surface area (Å²) in [5.74, 6) is -0.457. The minimum atomic E-state index is -1.01. The third kappa shape index (κ3) is 3.42. The normalized spacial score (nSPS) is 16.0. The van der Waals surface area contributed by atoms with Gasteiger partial charge in [-0.05, 0) is 13.8 Å². The van der Waals surface area contributed by atoms with Crippen molar-refractivity contribution in [1.82, 2.24) is 5.32 Å². The second-order valence-electron chi connectivity index (χ2n) is 2.27. The molecule has 0 spiro atoms. The molecule has 2 atom stereocenters. The second kappa shape index (κ2) is 4.24. The fourth-order valence-electron chi connectivity index (χ4n) is 0.409. The molecule has 0 aliphatic heterocycles. The van der Waals surface area contributed by atoms with Gasteiger partial charge in [0.1, 0.15) is 6.10 Å². The average molecular weight is 147 g/mol. The maximum absolute atomic E-state index is 10.6. The summed E-state index contributed by atoms with van der Waals surface area (Å²) < 4.78 is 0. The lowest BCUT2D eigenvalue weighted by atomic mass is 10.3. The predicted molar refractivity (Wildman–Crippen MR) is 36.4 cm³/mol. The zero-order valence-corrected chi connectivity index (χ0v) is 6.16. The Labute approximate surface area is 59.9 Å². The van der Waals surface area contributed by atoms with Gasteiger partial charge in [0, 0.05) is 6.04 Å². The Hall–Kier alpha value is -0.610. The van der Waals surface area contributed by atoms with E-state index in [9.17, 15) is 4.79 Å². The van der Waals surface area contributed by atoms with Crippen LogP contribution < -0.4 is 5.32 Å². The van der Waals surface area contributed by atoms with Gasteiger partial charge in [-0.15, -0.1) is 0 Å². The first kappa shape index (κ1) is 9.39. The Morgan fingerprint density at radius 2 is 2.10 bits per heavy atom. The minimum Gasteiger partial charge on any atom is -0.394 e. The fourth-order valence-corrected chi connectivity index (χ4v) is 0.409. The number of hydrogen-bond acceptors (Lipinski definition) is 3. The number of rotatable bonds is 3. The van der Waals surface area contributed by atoms with Gasteiger partial charge in [-0.25, -0.2) is 0 Å². The van der Waals surface area contributed by atoms with Crippen LogP contribution >= 0.6 is 0 Å². The highest BCUT2D eigenvalue weighted by atomic mass is 16.3. The fraction of sp³-hybridized carbons (Fsp3) is 0.833. The van der Waals surface area contributed by atoms with Gasteiger partial charge < -0.3 is 15.5 Å². The van der Waals surface area contributed by atoms with Crippen molar-refractivity contribution in [2.24, 2.45) is 0 Å². The summed E-state index contributed by atoms with van der Waals surface area (Å²) in [4.78, 5) is 10.6. The molecule has 10 heavy (non-hydrogen) atoms. The van der Waals surface area contributed by atoms with Gasteiger partial charge in [-0.3, -0.25) is 4.79 Å². The first-order valence-corrected chi connectivity index (χ1v) is 3.17. The van der Waals surface area contributed by atoms with E-state index in [1.807, 2.05) is 0 Å². The van der Waals surface area contributed by atoms with Crippen molar-refractivity contribution in [2.45, 2.75) is 26.0 Å². The third-order valence-electron chi connectivity index (χ3n) is 1.04. The molecule has 0 aromatic carbocycles. The molecule has 0 bridgehead atoms. The molecule has 0 fully saturated rings. The summed E-state index contributed by atoms with van der Waals surface area (Å²) in [6.45, 7) is 2.91. The molecule has 0 rings (SSSR count). The Morgan fingerprint density at radius 3 is 2.40 bits per heavy atom. The van der Waals surface area contributed by atoms with Crippen molar-refractivity contribution >= 4 is 5.91 Å². The van der Waals surface area contributed by atoms with Gasteiger partial charge in [0.15, 0.2) is 0 Å². The molecule has 0 heterocycles. The van der Waals surface area contributed by atoms with Gasteiger partial charge >= 0.3 is 0 Å². The summed E-state index contributed by atoms with van der Waals surface area (Å²) in [6.07, 6.45) is -1.01. The van der Waals surface area contributed by atoms with Gasteiger partial charge in [-0.1, -0.05) is 0 Å². The lowest BCUT2D eigenvalue weighted by molar-refractivity contribution is -0.129. The van der Waals surface area contributed by atoms with E-state index in [0.717, 1.165) is 0 Å². The second-order valence-corrected chi connectivity index (χ2v) is 2.27. The quantitative estimate of drug-likeness (QED) is 0.473. The SMILES string of the molecule is C[C@H](O)C(=O)N[C@@H](C)CO. The molecule has 0 saturated heterocycles. The molecular formula is C6H13NO3. The third-order valence-corrected chi connectivity index (χ3v) is 1.04. The van der Waals surface area contributed by atoms with Crippen molar-refractivity contribution < 1.29 is 15.0 Å². The van der Waals surface area contributed by atoms with Gasteiger partial charge in [-0.2, -0.15) is 0 Å². The van der Waals surface area contributed by atoms with Crippen LogP contribution in [0, 0.1) is 0 Å². The van der Waals surface area contributed by atoms with E-state index in [2.05, 4.69) is 5.32 Å². The highest BCUT2D eigenvalue weighted by Gasteiger charge is 2.10. The van der Waals surface area contributed by atoms with E-state index in [0.29, 0.717) is 0 Å². The van der Waals surface area contributed by atoms with E-state index in [1.54, 1.807) is 6.92 Å². The van der Waals surface area contributed by atoms with Crippen molar-refractivity contribution in [2.75, 3.05) is 6.61 Å². The van der Waals surface area contributed by atoms with E-state index in [1.165, 1.54) is 6.92 Å². The van der Waals surface area contributed by atoms with Crippen LogP contribution in [0.2, 0.25) is 0 Å². The number of amides is 1. The molecule has 0 aliphatic carbocycles. The summed E-state index contributed by atoms with van der Waals surface area (Å²) in [6, 6.07) is -0.290. The van der Waals surface area contributed by atoms with Gasteiger partial charge in [0.05, 0.1) is 6.61 Å². The molecule has 0 aliphatic rings. The predicted octanol–water partition coefficient (Wildman–Crippen LogP) is -1.14. The van der Waals surface area contributed by atoms with Crippen molar-refractivity contribution in [3.05, 3.63) is 0 Å².